The Kier molecular flexibility index (Phi) is 2.87. The van der Waals surface area contributed by atoms with Crippen molar-refractivity contribution < 1.29 is 9.66 Å². The number of rotatable bonds is 3. The van der Waals surface area contributed by atoms with E-state index < -0.39 is 4.92 Å². The van der Waals surface area contributed by atoms with Gasteiger partial charge in [-0.05, 0) is 36.4 Å². The van der Waals surface area contributed by atoms with Gasteiger partial charge in [0.15, 0.2) is 0 Å². The van der Waals surface area contributed by atoms with Gasteiger partial charge in [0, 0.05) is 29.4 Å². The van der Waals surface area contributed by atoms with Crippen LogP contribution in [0.3, 0.4) is 0 Å². The zero-order valence-electron chi connectivity index (χ0n) is 10.8. The maximum absolute atomic E-state index is 10.7. The maximum Gasteiger partial charge on any atom is 0.269 e. The van der Waals surface area contributed by atoms with E-state index in [-0.39, 0.29) is 5.69 Å². The van der Waals surface area contributed by atoms with Crippen molar-refractivity contribution in [2.24, 2.45) is 0 Å². The van der Waals surface area contributed by atoms with E-state index in [1.54, 1.807) is 19.2 Å². The fraction of sp³-hybridized carbons (Fsp3) is 0.0667. The zero-order valence-corrected chi connectivity index (χ0v) is 10.8. The second-order valence-corrected chi connectivity index (χ2v) is 4.38. The second-order valence-electron chi connectivity index (χ2n) is 4.38. The number of hydrogen-bond acceptors (Lipinski definition) is 3. The Hall–Kier alpha value is -2.82. The Morgan fingerprint density at radius 1 is 1.10 bits per heavy atom. The molecule has 0 N–H and O–H groups in total. The number of methoxy groups -OCH3 is 1. The van der Waals surface area contributed by atoms with Gasteiger partial charge in [0.05, 0.1) is 17.5 Å². The Morgan fingerprint density at radius 3 is 2.50 bits per heavy atom. The molecule has 0 aliphatic heterocycles. The number of ether oxygens (including phenoxy) is 1. The molecule has 5 heteroatoms. The van der Waals surface area contributed by atoms with E-state index in [1.807, 2.05) is 35.0 Å². The van der Waals surface area contributed by atoms with Crippen LogP contribution in [-0.4, -0.2) is 16.6 Å². The number of fused-ring (bicyclic) bond motifs is 1. The second kappa shape index (κ2) is 4.70. The molecule has 100 valence electrons. The summed E-state index contributed by atoms with van der Waals surface area (Å²) in [4.78, 5) is 10.3. The summed E-state index contributed by atoms with van der Waals surface area (Å²) in [6, 6.07) is 14.3. The van der Waals surface area contributed by atoms with Gasteiger partial charge in [0.2, 0.25) is 0 Å². The number of benzene rings is 2. The lowest BCUT2D eigenvalue weighted by Gasteiger charge is -2.06. The SMILES string of the molecule is COc1ccc2c(ccn2-c2ccc([N+](=O)[O-])cc2)c1. The van der Waals surface area contributed by atoms with Crippen molar-refractivity contribution in [3.8, 4) is 11.4 Å². The number of nitrogens with zero attached hydrogens (tertiary/aromatic N) is 2. The first-order chi connectivity index (χ1) is 9.69. The third-order valence-corrected chi connectivity index (χ3v) is 3.24. The largest absolute Gasteiger partial charge is 0.497 e. The van der Waals surface area contributed by atoms with Gasteiger partial charge in [0.1, 0.15) is 5.75 Å². The third-order valence-electron chi connectivity index (χ3n) is 3.24. The quantitative estimate of drug-likeness (QED) is 0.539. The number of hydrogen-bond donors (Lipinski definition) is 0. The molecule has 3 rings (SSSR count). The van der Waals surface area contributed by atoms with Gasteiger partial charge in [0.25, 0.3) is 5.69 Å². The van der Waals surface area contributed by atoms with Crippen LogP contribution in [-0.2, 0) is 0 Å². The molecular weight excluding hydrogens is 256 g/mol. The summed E-state index contributed by atoms with van der Waals surface area (Å²) < 4.78 is 7.18. The van der Waals surface area contributed by atoms with Gasteiger partial charge in [-0.3, -0.25) is 10.1 Å². The van der Waals surface area contributed by atoms with Gasteiger partial charge in [-0.25, -0.2) is 0 Å². The monoisotopic (exact) mass is 268 g/mol. The van der Waals surface area contributed by atoms with Crippen LogP contribution in [0.4, 0.5) is 5.69 Å². The highest BCUT2D eigenvalue weighted by molar-refractivity contribution is 5.83. The molecular formula is C15H12N2O3. The summed E-state index contributed by atoms with van der Waals surface area (Å²) in [6.45, 7) is 0. The number of aromatic nitrogens is 1. The summed E-state index contributed by atoms with van der Waals surface area (Å²) in [7, 11) is 1.63. The summed E-state index contributed by atoms with van der Waals surface area (Å²) in [5.74, 6) is 0.805. The Labute approximate surface area is 115 Å². The van der Waals surface area contributed by atoms with Crippen LogP contribution < -0.4 is 4.74 Å². The summed E-state index contributed by atoms with van der Waals surface area (Å²) in [6.07, 6.45) is 1.94. The van der Waals surface area contributed by atoms with Crippen molar-refractivity contribution >= 4 is 16.6 Å². The maximum atomic E-state index is 10.7. The molecule has 0 fully saturated rings. The smallest absolute Gasteiger partial charge is 0.269 e. The van der Waals surface area contributed by atoms with Crippen LogP contribution in [0, 0.1) is 10.1 Å². The molecule has 1 heterocycles. The Balaban J connectivity index is 2.07. The first-order valence-electron chi connectivity index (χ1n) is 6.09. The van der Waals surface area contributed by atoms with Crippen molar-refractivity contribution in [1.82, 2.24) is 4.57 Å². The highest BCUT2D eigenvalue weighted by Crippen LogP contribution is 2.25. The van der Waals surface area contributed by atoms with Gasteiger partial charge in [-0.2, -0.15) is 0 Å². The highest BCUT2D eigenvalue weighted by atomic mass is 16.6. The van der Waals surface area contributed by atoms with Crippen LogP contribution >= 0.6 is 0 Å². The van der Waals surface area contributed by atoms with E-state index >= 15 is 0 Å². The number of nitro benzene ring substituents is 1. The minimum atomic E-state index is -0.400. The van der Waals surface area contributed by atoms with Crippen LogP contribution in [0.15, 0.2) is 54.7 Å². The van der Waals surface area contributed by atoms with Crippen molar-refractivity contribution in [3.05, 3.63) is 64.8 Å². The third kappa shape index (κ3) is 1.99. The van der Waals surface area contributed by atoms with Crippen molar-refractivity contribution in [2.75, 3.05) is 7.11 Å². The van der Waals surface area contributed by atoms with Crippen molar-refractivity contribution in [3.63, 3.8) is 0 Å². The predicted molar refractivity (Wildman–Crippen MR) is 76.5 cm³/mol. The Bertz CT molecular complexity index is 775. The lowest BCUT2D eigenvalue weighted by molar-refractivity contribution is -0.384. The molecule has 5 nitrogen and oxygen atoms in total. The standard InChI is InChI=1S/C15H12N2O3/c1-20-14-6-7-15-11(10-14)8-9-16(15)12-2-4-13(5-3-12)17(18)19/h2-10H,1H3. The predicted octanol–water partition coefficient (Wildman–Crippen LogP) is 3.55. The molecule has 0 unspecified atom stereocenters. The Morgan fingerprint density at radius 2 is 1.85 bits per heavy atom. The molecule has 0 aliphatic rings. The first kappa shape index (κ1) is 12.2. The lowest BCUT2D eigenvalue weighted by atomic mass is 10.2. The molecule has 0 radical (unpaired) electrons. The van der Waals surface area contributed by atoms with Gasteiger partial charge >= 0.3 is 0 Å². The van der Waals surface area contributed by atoms with E-state index in [0.717, 1.165) is 22.3 Å². The molecule has 0 saturated heterocycles. The number of non-ortho nitro benzene ring substituents is 1. The highest BCUT2D eigenvalue weighted by Gasteiger charge is 2.07. The fourth-order valence-electron chi connectivity index (χ4n) is 2.21. The van der Waals surface area contributed by atoms with E-state index in [1.165, 1.54) is 12.1 Å². The van der Waals surface area contributed by atoms with E-state index in [9.17, 15) is 10.1 Å². The van der Waals surface area contributed by atoms with Crippen LogP contribution in [0.5, 0.6) is 5.75 Å². The normalized spacial score (nSPS) is 10.7. The summed E-state index contributed by atoms with van der Waals surface area (Å²) in [5, 5.41) is 11.7. The van der Waals surface area contributed by atoms with Crippen molar-refractivity contribution in [1.29, 1.82) is 0 Å². The first-order valence-corrected chi connectivity index (χ1v) is 6.09. The van der Waals surface area contributed by atoms with Crippen LogP contribution in [0.25, 0.3) is 16.6 Å². The van der Waals surface area contributed by atoms with Gasteiger partial charge in [-0.1, -0.05) is 0 Å². The van der Waals surface area contributed by atoms with E-state index in [4.69, 9.17) is 4.74 Å². The average molecular weight is 268 g/mol. The summed E-state index contributed by atoms with van der Waals surface area (Å²) in [5.41, 5.74) is 2.00. The van der Waals surface area contributed by atoms with E-state index in [2.05, 4.69) is 0 Å². The molecule has 0 aliphatic carbocycles. The molecule has 3 aromatic rings. The summed E-state index contributed by atoms with van der Waals surface area (Å²) >= 11 is 0. The molecule has 0 spiro atoms. The minimum absolute atomic E-state index is 0.0897. The molecule has 2 aromatic carbocycles. The van der Waals surface area contributed by atoms with Crippen molar-refractivity contribution in [2.45, 2.75) is 0 Å². The van der Waals surface area contributed by atoms with Gasteiger partial charge < -0.3 is 9.30 Å². The van der Waals surface area contributed by atoms with E-state index in [0.29, 0.717) is 0 Å². The topological polar surface area (TPSA) is 57.3 Å². The molecule has 0 atom stereocenters. The minimum Gasteiger partial charge on any atom is -0.497 e. The molecule has 20 heavy (non-hydrogen) atoms. The fourth-order valence-corrected chi connectivity index (χ4v) is 2.21. The molecule has 0 bridgehead atoms. The number of nitro groups is 1. The van der Waals surface area contributed by atoms with Crippen LogP contribution in [0.2, 0.25) is 0 Å². The van der Waals surface area contributed by atoms with Gasteiger partial charge in [-0.15, -0.1) is 0 Å². The lowest BCUT2D eigenvalue weighted by Crippen LogP contribution is -1.93. The molecule has 0 saturated carbocycles. The average Bonchev–Trinajstić information content (AvgIpc) is 2.90. The molecule has 0 amide bonds. The van der Waals surface area contributed by atoms with Crippen LogP contribution in [0.1, 0.15) is 0 Å². The zero-order chi connectivity index (χ0) is 14.1. The molecule has 1 aromatic heterocycles.